The minimum Gasteiger partial charge on any atom is -0.314 e. The van der Waals surface area contributed by atoms with Crippen molar-refractivity contribution in [1.82, 2.24) is 4.57 Å². The third-order valence-electron chi connectivity index (χ3n) is 11.7. The molecule has 0 fully saturated rings. The molecule has 258 valence electrons. The molecule has 3 aliphatic rings. The zero-order valence-electron chi connectivity index (χ0n) is 30.0. The van der Waals surface area contributed by atoms with E-state index >= 15 is 0 Å². The molecule has 54 heavy (non-hydrogen) atoms. The van der Waals surface area contributed by atoms with Crippen molar-refractivity contribution in [2.75, 3.05) is 9.80 Å². The molecule has 0 spiro atoms. The number of anilines is 6. The minimum atomic E-state index is 0.0238. The van der Waals surface area contributed by atoms with Crippen LogP contribution in [0, 0.1) is 0 Å². The lowest BCUT2D eigenvalue weighted by atomic mass is 9.33. The van der Waals surface area contributed by atoms with Gasteiger partial charge in [0.25, 0.3) is 6.71 Å². The van der Waals surface area contributed by atoms with Crippen LogP contribution in [0.2, 0.25) is 0 Å². The molecule has 3 heterocycles. The van der Waals surface area contributed by atoms with Gasteiger partial charge in [-0.05, 0) is 126 Å². The van der Waals surface area contributed by atoms with Gasteiger partial charge in [0, 0.05) is 60.7 Å². The number of benzene rings is 7. The van der Waals surface area contributed by atoms with E-state index in [1.807, 2.05) is 11.8 Å². The monoisotopic (exact) mass is 711 g/mol. The van der Waals surface area contributed by atoms with Gasteiger partial charge in [-0.3, -0.25) is 0 Å². The molecule has 1 aliphatic carbocycles. The number of rotatable bonds is 5. The Kier molecular flexibility index (Phi) is 7.55. The van der Waals surface area contributed by atoms with Crippen LogP contribution in [0.15, 0.2) is 180 Å². The predicted molar refractivity (Wildman–Crippen MR) is 229 cm³/mol. The van der Waals surface area contributed by atoms with E-state index in [-0.39, 0.29) is 6.71 Å². The Morgan fingerprint density at radius 2 is 1.02 bits per heavy atom. The van der Waals surface area contributed by atoms with Crippen LogP contribution in [0.5, 0.6) is 0 Å². The van der Waals surface area contributed by atoms with Crippen LogP contribution in [0.1, 0.15) is 30.5 Å². The van der Waals surface area contributed by atoms with Gasteiger partial charge in [-0.15, -0.1) is 0 Å². The van der Waals surface area contributed by atoms with Crippen molar-refractivity contribution >= 4 is 79.9 Å². The van der Waals surface area contributed by atoms with Gasteiger partial charge in [-0.25, -0.2) is 0 Å². The Morgan fingerprint density at radius 1 is 0.444 bits per heavy atom. The van der Waals surface area contributed by atoms with Crippen molar-refractivity contribution in [3.05, 3.63) is 181 Å². The Hall–Kier alpha value is -5.91. The highest BCUT2D eigenvalue weighted by molar-refractivity contribution is 7.99. The lowest BCUT2D eigenvalue weighted by Gasteiger charge is -2.44. The highest BCUT2D eigenvalue weighted by Gasteiger charge is 2.45. The molecule has 0 radical (unpaired) electrons. The quantitative estimate of drug-likeness (QED) is 0.130. The summed E-state index contributed by atoms with van der Waals surface area (Å²) < 4.78 is 2.66. The second kappa shape index (κ2) is 12.9. The first kappa shape index (κ1) is 31.6. The molecule has 8 aromatic rings. The third kappa shape index (κ3) is 4.92. The number of hydrogen-bond donors (Lipinski definition) is 0. The lowest BCUT2D eigenvalue weighted by molar-refractivity contribution is 0.704. The van der Waals surface area contributed by atoms with Crippen molar-refractivity contribution in [2.24, 2.45) is 0 Å². The Labute approximate surface area is 321 Å². The van der Waals surface area contributed by atoms with E-state index in [0.29, 0.717) is 0 Å². The van der Waals surface area contributed by atoms with E-state index in [4.69, 9.17) is 0 Å². The van der Waals surface area contributed by atoms with Gasteiger partial charge in [-0.2, -0.15) is 0 Å². The highest BCUT2D eigenvalue weighted by Crippen LogP contribution is 2.46. The van der Waals surface area contributed by atoms with Crippen LogP contribution in [-0.4, -0.2) is 11.3 Å². The largest absolute Gasteiger partial charge is 0.314 e. The van der Waals surface area contributed by atoms with Crippen LogP contribution < -0.4 is 26.2 Å². The van der Waals surface area contributed by atoms with E-state index in [1.54, 1.807) is 5.56 Å². The summed E-state index contributed by atoms with van der Waals surface area (Å²) in [5.74, 6) is 0. The lowest BCUT2D eigenvalue weighted by Crippen LogP contribution is -2.62. The van der Waals surface area contributed by atoms with E-state index in [2.05, 4.69) is 184 Å². The molecule has 3 nitrogen and oxygen atoms in total. The molecule has 0 N–H and O–H groups in total. The van der Waals surface area contributed by atoms with E-state index in [1.165, 1.54) is 102 Å². The molecule has 0 atom stereocenters. The average molecular weight is 712 g/mol. The predicted octanol–water partition coefficient (Wildman–Crippen LogP) is 11.1. The van der Waals surface area contributed by atoms with Gasteiger partial charge in [0.05, 0.1) is 5.52 Å². The van der Waals surface area contributed by atoms with Gasteiger partial charge in [0.15, 0.2) is 0 Å². The molecule has 2 aliphatic heterocycles. The summed E-state index contributed by atoms with van der Waals surface area (Å²) in [6.45, 7) is 0.0238. The number of nitrogens with zero attached hydrogens (tertiary/aromatic N) is 3. The molecule has 11 rings (SSSR count). The SMILES string of the molecule is c1ccc(Sc2ccc3c(c2)N(c2ccccc2)c2cccc4c2B3c2c(cccc2-n2c3c(c5ccccc52)CCCCC3)N4c2ccccc2)cc1. The van der Waals surface area contributed by atoms with Crippen LogP contribution in [0.4, 0.5) is 34.1 Å². The van der Waals surface area contributed by atoms with Gasteiger partial charge in [0.1, 0.15) is 0 Å². The number of fused-ring (bicyclic) bond motifs is 7. The molecule has 1 aromatic heterocycles. The molecule has 0 amide bonds. The normalized spacial score (nSPS) is 14.3. The third-order valence-corrected chi connectivity index (χ3v) is 12.6. The zero-order chi connectivity index (χ0) is 35.6. The highest BCUT2D eigenvalue weighted by atomic mass is 32.2. The summed E-state index contributed by atoms with van der Waals surface area (Å²) in [6.07, 6.45) is 5.99. The van der Waals surface area contributed by atoms with Crippen molar-refractivity contribution < 1.29 is 0 Å². The van der Waals surface area contributed by atoms with Gasteiger partial charge >= 0.3 is 0 Å². The molecule has 0 saturated heterocycles. The fraction of sp³-hybridized carbons (Fsp3) is 0.102. The molecule has 0 unspecified atom stereocenters. The topological polar surface area (TPSA) is 11.4 Å². The average Bonchev–Trinajstić information content (AvgIpc) is 3.34. The van der Waals surface area contributed by atoms with E-state index < -0.39 is 0 Å². The van der Waals surface area contributed by atoms with Crippen molar-refractivity contribution in [3.8, 4) is 5.69 Å². The minimum absolute atomic E-state index is 0.0238. The number of aromatic nitrogens is 1. The summed E-state index contributed by atoms with van der Waals surface area (Å²) in [6, 6.07) is 62.9. The molecular formula is C49H38BN3S. The Balaban J connectivity index is 1.23. The summed E-state index contributed by atoms with van der Waals surface area (Å²) in [4.78, 5) is 7.50. The molecule has 7 aromatic carbocycles. The van der Waals surface area contributed by atoms with Gasteiger partial charge in [-0.1, -0.05) is 109 Å². The number of aryl methyl sites for hydroxylation is 1. The van der Waals surface area contributed by atoms with E-state index in [9.17, 15) is 0 Å². The first-order valence-electron chi connectivity index (χ1n) is 19.3. The summed E-state index contributed by atoms with van der Waals surface area (Å²) in [5, 5.41) is 1.41. The van der Waals surface area contributed by atoms with Crippen molar-refractivity contribution in [3.63, 3.8) is 0 Å². The summed E-state index contributed by atoms with van der Waals surface area (Å²) >= 11 is 1.83. The summed E-state index contributed by atoms with van der Waals surface area (Å²) in [7, 11) is 0. The summed E-state index contributed by atoms with van der Waals surface area (Å²) in [5.41, 5.74) is 17.0. The maximum absolute atomic E-state index is 2.66. The maximum Gasteiger partial charge on any atom is 0.254 e. The first-order valence-corrected chi connectivity index (χ1v) is 20.1. The van der Waals surface area contributed by atoms with E-state index in [0.717, 1.165) is 12.8 Å². The van der Waals surface area contributed by atoms with Crippen molar-refractivity contribution in [1.29, 1.82) is 0 Å². The van der Waals surface area contributed by atoms with Crippen molar-refractivity contribution in [2.45, 2.75) is 41.9 Å². The second-order valence-electron chi connectivity index (χ2n) is 14.7. The maximum atomic E-state index is 2.66. The van der Waals surface area contributed by atoms with Crippen LogP contribution >= 0.6 is 11.8 Å². The van der Waals surface area contributed by atoms with Crippen LogP contribution in [0.25, 0.3) is 16.6 Å². The fourth-order valence-corrected chi connectivity index (χ4v) is 10.3. The smallest absolute Gasteiger partial charge is 0.254 e. The first-order chi connectivity index (χ1) is 26.8. The Bertz CT molecular complexity index is 2690. The van der Waals surface area contributed by atoms with Gasteiger partial charge < -0.3 is 14.4 Å². The van der Waals surface area contributed by atoms with Gasteiger partial charge in [0.2, 0.25) is 0 Å². The molecule has 0 saturated carbocycles. The van der Waals surface area contributed by atoms with Crippen LogP contribution in [0.3, 0.4) is 0 Å². The standard InChI is InChI=1S/C49H38BN3S/c1-5-17-34(18-6-1)51-43-27-15-29-45-48(43)50(40-32-31-37(54-36-21-9-3-10-22-36)33-47(40)52(45)35-19-7-2-8-20-35)49-44(51)28-16-30-46(49)53-41-25-12-4-11-23-38(41)39-24-13-14-26-42(39)53/h1-3,5-10,13-22,24,26-33H,4,11-12,23,25H2. The molecular weight excluding hydrogens is 673 g/mol. The Morgan fingerprint density at radius 3 is 1.72 bits per heavy atom. The fourth-order valence-electron chi connectivity index (χ4n) is 9.48. The molecule has 5 heteroatoms. The zero-order valence-corrected chi connectivity index (χ0v) is 30.8. The number of hydrogen-bond acceptors (Lipinski definition) is 3. The second-order valence-corrected chi connectivity index (χ2v) is 15.8. The molecule has 0 bridgehead atoms. The van der Waals surface area contributed by atoms with Crippen LogP contribution in [-0.2, 0) is 12.8 Å². The number of para-hydroxylation sites is 3.